The van der Waals surface area contributed by atoms with Gasteiger partial charge in [0.05, 0.1) is 29.0 Å². The van der Waals surface area contributed by atoms with Crippen molar-refractivity contribution in [1.82, 2.24) is 0 Å². The highest BCUT2D eigenvalue weighted by Crippen LogP contribution is 2.49. The number of nitrogens with one attached hydrogen (secondary N) is 1. The van der Waals surface area contributed by atoms with Crippen LogP contribution in [0.1, 0.15) is 69.3 Å². The first-order valence-electron chi connectivity index (χ1n) is 10.7. The van der Waals surface area contributed by atoms with Crippen LogP contribution in [-0.2, 0) is 4.74 Å². The summed E-state index contributed by atoms with van der Waals surface area (Å²) in [5.74, 6) is -0.304. The summed E-state index contributed by atoms with van der Waals surface area (Å²) in [6.45, 7) is 5.82. The molecule has 31 heavy (non-hydrogen) atoms. The fraction of sp³-hybridized carbons (Fsp3) is 0.308. The average Bonchev–Trinajstić information content (AvgIpc) is 2.74. The van der Waals surface area contributed by atoms with Gasteiger partial charge in [-0.15, -0.1) is 0 Å². The summed E-state index contributed by atoms with van der Waals surface area (Å²) in [7, 11) is 0. The minimum Gasteiger partial charge on any atom is -0.388 e. The smallest absolute Gasteiger partial charge is 0.196 e. The molecule has 1 saturated heterocycles. The van der Waals surface area contributed by atoms with Crippen LogP contribution < -0.4 is 5.32 Å². The zero-order chi connectivity index (χ0) is 21.7. The maximum atomic E-state index is 13.7. The van der Waals surface area contributed by atoms with Crippen LogP contribution in [0.5, 0.6) is 0 Å². The largest absolute Gasteiger partial charge is 0.388 e. The Hall–Kier alpha value is -3.02. The number of aliphatic hydroxyl groups is 1. The van der Waals surface area contributed by atoms with Gasteiger partial charge in [-0.2, -0.15) is 0 Å². The SMILES string of the molecule is Cc1ccc2c3c(ccc2c1)C(=O)c1c(ccc2c1NC1(C)CC2O[C@@H](C)[C@@H]1O)C3=O. The Balaban J connectivity index is 1.59. The molecular formula is C26H23NO4. The highest BCUT2D eigenvalue weighted by Gasteiger charge is 2.50. The second-order valence-corrected chi connectivity index (χ2v) is 9.34. The number of aliphatic hydroxyl groups excluding tert-OH is 1. The van der Waals surface area contributed by atoms with Crippen LogP contribution in [0.25, 0.3) is 10.8 Å². The highest BCUT2D eigenvalue weighted by molar-refractivity contribution is 6.33. The Morgan fingerprint density at radius 2 is 1.74 bits per heavy atom. The molecule has 156 valence electrons. The number of aryl methyl sites for hydroxylation is 1. The van der Waals surface area contributed by atoms with Gasteiger partial charge in [0.25, 0.3) is 0 Å². The number of carbonyl (C=O) groups is 2. The van der Waals surface area contributed by atoms with Gasteiger partial charge in [-0.25, -0.2) is 0 Å². The molecule has 2 N–H and O–H groups in total. The minimum absolute atomic E-state index is 0.139. The normalized spacial score (nSPS) is 28.6. The predicted octanol–water partition coefficient (Wildman–Crippen LogP) is 4.32. The lowest BCUT2D eigenvalue weighted by atomic mass is 9.73. The van der Waals surface area contributed by atoms with E-state index in [9.17, 15) is 14.7 Å². The first-order chi connectivity index (χ1) is 14.8. The molecule has 3 aliphatic rings. The van der Waals surface area contributed by atoms with Crippen molar-refractivity contribution < 1.29 is 19.4 Å². The molecule has 1 aliphatic carbocycles. The van der Waals surface area contributed by atoms with E-state index in [-0.39, 0.29) is 23.8 Å². The van der Waals surface area contributed by atoms with Gasteiger partial charge in [0.15, 0.2) is 11.6 Å². The average molecular weight is 413 g/mol. The summed E-state index contributed by atoms with van der Waals surface area (Å²) in [4.78, 5) is 27.3. The molecule has 5 heteroatoms. The van der Waals surface area contributed by atoms with Crippen LogP contribution in [0.2, 0.25) is 0 Å². The first-order valence-corrected chi connectivity index (χ1v) is 10.7. The van der Waals surface area contributed by atoms with Crippen molar-refractivity contribution >= 4 is 28.0 Å². The van der Waals surface area contributed by atoms with E-state index < -0.39 is 11.6 Å². The van der Waals surface area contributed by atoms with E-state index in [0.717, 1.165) is 21.9 Å². The van der Waals surface area contributed by atoms with Crippen molar-refractivity contribution in [3.63, 3.8) is 0 Å². The molecule has 0 radical (unpaired) electrons. The molecule has 0 aromatic heterocycles. The quantitative estimate of drug-likeness (QED) is 0.449. The molecule has 1 fully saturated rings. The van der Waals surface area contributed by atoms with E-state index >= 15 is 0 Å². The Morgan fingerprint density at radius 3 is 2.55 bits per heavy atom. The summed E-state index contributed by atoms with van der Waals surface area (Å²) in [5.41, 5.74) is 3.67. The predicted molar refractivity (Wildman–Crippen MR) is 118 cm³/mol. The van der Waals surface area contributed by atoms with Gasteiger partial charge in [-0.05, 0) is 43.7 Å². The van der Waals surface area contributed by atoms with Crippen LogP contribution >= 0.6 is 0 Å². The lowest BCUT2D eigenvalue weighted by Crippen LogP contribution is -2.59. The Labute approximate surface area is 180 Å². The monoisotopic (exact) mass is 413 g/mol. The number of benzene rings is 3. The zero-order valence-corrected chi connectivity index (χ0v) is 17.7. The van der Waals surface area contributed by atoms with E-state index in [1.165, 1.54) is 0 Å². The third-order valence-electron chi connectivity index (χ3n) is 7.20. The number of hydrogen-bond donors (Lipinski definition) is 2. The number of anilines is 1. The summed E-state index contributed by atoms with van der Waals surface area (Å²) < 4.78 is 6.07. The van der Waals surface area contributed by atoms with Crippen molar-refractivity contribution in [3.05, 3.63) is 75.8 Å². The molecule has 4 atom stereocenters. The number of ether oxygens (including phenoxy) is 1. The Bertz CT molecular complexity index is 1330. The van der Waals surface area contributed by atoms with E-state index in [0.29, 0.717) is 34.4 Å². The number of ketones is 2. The minimum atomic E-state index is -0.721. The molecule has 0 saturated carbocycles. The van der Waals surface area contributed by atoms with Crippen LogP contribution in [0.3, 0.4) is 0 Å². The fourth-order valence-corrected chi connectivity index (χ4v) is 5.60. The van der Waals surface area contributed by atoms with Crippen molar-refractivity contribution in [2.45, 2.75) is 51.0 Å². The summed E-state index contributed by atoms with van der Waals surface area (Å²) in [6.07, 6.45) is -0.670. The standard InChI is InChI=1S/C26H23NO4/c1-12-4-6-15-14(10-12)5-7-17-20(15)23(28)18-9-8-16-19-11-26(3,25(30)13(2)31-19)27-22(16)21(18)24(17)29/h4-10,13,19,25,27,30H,11H2,1-3H3/t13-,19?,25-,26?/m0/s1. The Morgan fingerprint density at radius 1 is 1.03 bits per heavy atom. The molecule has 2 aliphatic heterocycles. The molecule has 3 aromatic carbocycles. The van der Waals surface area contributed by atoms with E-state index in [2.05, 4.69) is 5.32 Å². The number of carbonyl (C=O) groups excluding carboxylic acids is 2. The number of hydrogen-bond acceptors (Lipinski definition) is 5. The molecular weight excluding hydrogens is 390 g/mol. The van der Waals surface area contributed by atoms with Gasteiger partial charge in [0.2, 0.25) is 0 Å². The molecule has 5 nitrogen and oxygen atoms in total. The van der Waals surface area contributed by atoms with Crippen molar-refractivity contribution in [2.24, 2.45) is 0 Å². The second-order valence-electron chi connectivity index (χ2n) is 9.34. The number of fused-ring (bicyclic) bond motifs is 9. The zero-order valence-electron chi connectivity index (χ0n) is 17.7. The summed E-state index contributed by atoms with van der Waals surface area (Å²) in [5, 5.41) is 15.9. The van der Waals surface area contributed by atoms with Crippen molar-refractivity contribution in [2.75, 3.05) is 5.32 Å². The van der Waals surface area contributed by atoms with Crippen LogP contribution in [-0.4, -0.2) is 34.4 Å². The Kier molecular flexibility index (Phi) is 3.64. The van der Waals surface area contributed by atoms with Crippen molar-refractivity contribution in [1.29, 1.82) is 0 Å². The van der Waals surface area contributed by atoms with E-state index in [1.807, 2.05) is 51.1 Å². The molecule has 0 spiro atoms. The maximum Gasteiger partial charge on any atom is 0.196 e. The molecule has 3 aromatic rings. The van der Waals surface area contributed by atoms with Crippen LogP contribution in [0.4, 0.5) is 5.69 Å². The summed E-state index contributed by atoms with van der Waals surface area (Å²) >= 11 is 0. The fourth-order valence-electron chi connectivity index (χ4n) is 5.60. The van der Waals surface area contributed by atoms with Gasteiger partial charge in [0.1, 0.15) is 6.10 Å². The van der Waals surface area contributed by atoms with Gasteiger partial charge in [0, 0.05) is 28.7 Å². The van der Waals surface area contributed by atoms with Gasteiger partial charge in [-0.3, -0.25) is 9.59 Å². The first kappa shape index (κ1) is 18.7. The molecule has 2 unspecified atom stereocenters. The lowest BCUT2D eigenvalue weighted by molar-refractivity contribution is -0.142. The second kappa shape index (κ2) is 6.02. The third kappa shape index (κ3) is 2.39. The van der Waals surface area contributed by atoms with Gasteiger partial charge in [-0.1, -0.05) is 35.9 Å². The number of rotatable bonds is 0. The summed E-state index contributed by atoms with van der Waals surface area (Å²) in [6, 6.07) is 13.2. The van der Waals surface area contributed by atoms with Gasteiger partial charge >= 0.3 is 0 Å². The van der Waals surface area contributed by atoms with E-state index in [4.69, 9.17) is 4.74 Å². The molecule has 0 amide bonds. The third-order valence-corrected chi connectivity index (χ3v) is 7.20. The van der Waals surface area contributed by atoms with Crippen LogP contribution in [0, 0.1) is 6.92 Å². The van der Waals surface area contributed by atoms with E-state index in [1.54, 1.807) is 12.1 Å². The molecule has 6 rings (SSSR count). The van der Waals surface area contributed by atoms with Crippen molar-refractivity contribution in [3.8, 4) is 0 Å². The topological polar surface area (TPSA) is 75.6 Å². The highest BCUT2D eigenvalue weighted by atomic mass is 16.5. The molecule has 2 bridgehead atoms. The molecule has 2 heterocycles. The lowest BCUT2D eigenvalue weighted by Gasteiger charge is -2.51. The van der Waals surface area contributed by atoms with Crippen LogP contribution in [0.15, 0.2) is 42.5 Å². The maximum absolute atomic E-state index is 13.7. The van der Waals surface area contributed by atoms with Gasteiger partial charge < -0.3 is 15.2 Å².